The predicted octanol–water partition coefficient (Wildman–Crippen LogP) is 8.90. The summed E-state index contributed by atoms with van der Waals surface area (Å²) in [5, 5.41) is 19.0. The van der Waals surface area contributed by atoms with Crippen molar-refractivity contribution >= 4 is 73.6 Å². The number of likely N-dealkylation sites (tertiary alicyclic amines) is 1. The van der Waals surface area contributed by atoms with E-state index in [1.807, 2.05) is 62.0 Å². The molecule has 6 rings (SSSR count). The van der Waals surface area contributed by atoms with E-state index in [2.05, 4.69) is 0 Å². The van der Waals surface area contributed by atoms with Gasteiger partial charge in [0.05, 0.1) is 28.2 Å². The molecule has 1 N–H and O–H groups in total. The van der Waals surface area contributed by atoms with Crippen LogP contribution in [-0.2, 0) is 4.74 Å². The van der Waals surface area contributed by atoms with E-state index in [4.69, 9.17) is 38.0 Å². The summed E-state index contributed by atoms with van der Waals surface area (Å²) in [5.74, 6) is -0.525. The number of thioether (sulfide) groups is 1. The molecule has 2 atom stereocenters. The highest BCUT2D eigenvalue weighted by molar-refractivity contribution is 7.98. The number of halogens is 3. The number of fused-ring (bicyclic) bond motifs is 4. The van der Waals surface area contributed by atoms with Crippen molar-refractivity contribution in [3.05, 3.63) is 64.5 Å². The number of benzene rings is 3. The lowest BCUT2D eigenvalue weighted by molar-refractivity contribution is 0.00177. The van der Waals surface area contributed by atoms with Crippen LogP contribution in [0.2, 0.25) is 10.0 Å². The number of pyridine rings is 1. The molecule has 0 radical (unpaired) electrons. The van der Waals surface area contributed by atoms with Gasteiger partial charge >= 0.3 is 6.09 Å². The molecule has 2 aromatic heterocycles. The van der Waals surface area contributed by atoms with Crippen LogP contribution in [0.4, 0.5) is 9.18 Å². The van der Waals surface area contributed by atoms with Gasteiger partial charge in [-0.05, 0) is 69.4 Å². The van der Waals surface area contributed by atoms with Crippen molar-refractivity contribution in [2.24, 2.45) is 0 Å². The molecule has 1 fully saturated rings. The summed E-state index contributed by atoms with van der Waals surface area (Å²) in [6, 6.07) is 12.6. The number of rotatable bonds is 5. The zero-order valence-corrected chi connectivity index (χ0v) is 27.2. The highest BCUT2D eigenvalue weighted by atomic mass is 35.5. The molecule has 11 heteroatoms. The lowest BCUT2D eigenvalue weighted by Gasteiger charge is -2.40. The van der Waals surface area contributed by atoms with E-state index in [0.717, 1.165) is 21.7 Å². The van der Waals surface area contributed by atoms with Gasteiger partial charge in [-0.25, -0.2) is 14.2 Å². The standard InChI is InChI=1S/C33H33Cl2FN4O3S/c1-33(2,3)43-32(42)39-13-11-20(15-19(39)12-14-41)40-30-22-16-25(35)27(21-9-5-7-18-8-6-10-24(34)26(18)21)28(36)29(22)38-31(44-4)23(30)17-37-40/h5-10,16-17,19-20,41H,11-15H2,1-4H3/t19-,20+/m1/s1. The van der Waals surface area contributed by atoms with Crippen LogP contribution in [0.15, 0.2) is 53.7 Å². The first-order valence-corrected chi connectivity index (χ1v) is 16.5. The zero-order chi connectivity index (χ0) is 31.3. The Labute approximate surface area is 269 Å². The Morgan fingerprint density at radius 1 is 1.16 bits per heavy atom. The number of aromatic nitrogens is 3. The minimum absolute atomic E-state index is 0.0677. The average Bonchev–Trinajstić information content (AvgIpc) is 3.42. The Bertz CT molecular complexity index is 1900. The van der Waals surface area contributed by atoms with Gasteiger partial charge in [-0.1, -0.05) is 53.5 Å². The average molecular weight is 656 g/mol. The van der Waals surface area contributed by atoms with Crippen molar-refractivity contribution in [3.8, 4) is 11.1 Å². The quantitative estimate of drug-likeness (QED) is 0.191. The molecular weight excluding hydrogens is 622 g/mol. The maximum absolute atomic E-state index is 16.7. The van der Waals surface area contributed by atoms with Gasteiger partial charge in [0.1, 0.15) is 16.1 Å². The minimum atomic E-state index is -0.629. The number of aliphatic hydroxyl groups excluding tert-OH is 1. The van der Waals surface area contributed by atoms with Crippen LogP contribution in [0.5, 0.6) is 0 Å². The molecule has 0 spiro atoms. The Kier molecular flexibility index (Phi) is 8.43. The predicted molar refractivity (Wildman–Crippen MR) is 176 cm³/mol. The number of nitrogens with zero attached hydrogens (tertiary/aromatic N) is 4. The Morgan fingerprint density at radius 2 is 1.91 bits per heavy atom. The van der Waals surface area contributed by atoms with Crippen LogP contribution in [-0.4, -0.2) is 61.9 Å². The summed E-state index contributed by atoms with van der Waals surface area (Å²) in [4.78, 5) is 19.5. The molecule has 1 aliphatic rings. The molecule has 0 bridgehead atoms. The lowest BCUT2D eigenvalue weighted by atomic mass is 9.94. The number of aliphatic hydroxyl groups is 1. The monoisotopic (exact) mass is 654 g/mol. The summed E-state index contributed by atoms with van der Waals surface area (Å²) >= 11 is 14.9. The third kappa shape index (κ3) is 5.49. The van der Waals surface area contributed by atoms with Crippen LogP contribution >= 0.6 is 35.0 Å². The molecule has 230 valence electrons. The molecule has 0 aliphatic carbocycles. The molecule has 3 heterocycles. The summed E-state index contributed by atoms with van der Waals surface area (Å²) < 4.78 is 24.3. The largest absolute Gasteiger partial charge is 0.444 e. The SMILES string of the molecule is CSc1nc2c(F)c(-c3cccc4cccc(Cl)c34)c(Cl)cc2c2c1cnn2[C@H]1CCN(C(=O)OC(C)(C)C)[C@H](CCO)C1. The molecule has 7 nitrogen and oxygen atoms in total. The number of ether oxygens (including phenoxy) is 1. The van der Waals surface area contributed by atoms with Gasteiger partial charge in [-0.2, -0.15) is 5.10 Å². The highest BCUT2D eigenvalue weighted by Crippen LogP contribution is 2.44. The molecule has 5 aromatic rings. The first-order valence-electron chi connectivity index (χ1n) is 14.5. The van der Waals surface area contributed by atoms with Crippen LogP contribution in [0.25, 0.3) is 43.7 Å². The Balaban J connectivity index is 1.49. The van der Waals surface area contributed by atoms with Gasteiger partial charge in [0.15, 0.2) is 5.82 Å². The first kappa shape index (κ1) is 30.9. The molecule has 1 aliphatic heterocycles. The van der Waals surface area contributed by atoms with Crippen molar-refractivity contribution in [3.63, 3.8) is 0 Å². The number of hydrogen-bond acceptors (Lipinski definition) is 6. The van der Waals surface area contributed by atoms with Crippen molar-refractivity contribution in [1.82, 2.24) is 19.7 Å². The van der Waals surface area contributed by atoms with Gasteiger partial charge in [0, 0.05) is 40.6 Å². The molecule has 0 saturated carbocycles. The normalized spacial score (nSPS) is 17.6. The third-order valence-corrected chi connectivity index (χ3v) is 9.44. The Morgan fingerprint density at radius 3 is 2.61 bits per heavy atom. The fourth-order valence-corrected chi connectivity index (χ4v) is 7.40. The van der Waals surface area contributed by atoms with Gasteiger partial charge in [0.2, 0.25) is 0 Å². The summed E-state index contributed by atoms with van der Waals surface area (Å²) in [6.07, 6.45) is 4.84. The number of hydrogen-bond donors (Lipinski definition) is 1. The number of carbonyl (C=O) groups excluding carboxylic acids is 1. The second-order valence-corrected chi connectivity index (χ2v) is 13.7. The van der Waals surface area contributed by atoms with Crippen LogP contribution in [0.3, 0.4) is 0 Å². The topological polar surface area (TPSA) is 80.5 Å². The van der Waals surface area contributed by atoms with E-state index in [1.54, 1.807) is 23.2 Å². The highest BCUT2D eigenvalue weighted by Gasteiger charge is 2.36. The van der Waals surface area contributed by atoms with Gasteiger partial charge in [-0.15, -0.1) is 11.8 Å². The fourth-order valence-electron chi connectivity index (χ4n) is 6.27. The van der Waals surface area contributed by atoms with E-state index >= 15 is 4.39 Å². The van der Waals surface area contributed by atoms with Crippen LogP contribution < -0.4 is 0 Å². The molecule has 1 saturated heterocycles. The maximum Gasteiger partial charge on any atom is 0.410 e. The van der Waals surface area contributed by atoms with Crippen LogP contribution in [0.1, 0.15) is 46.1 Å². The van der Waals surface area contributed by atoms with E-state index < -0.39 is 17.5 Å². The number of piperidine rings is 1. The molecule has 3 aromatic carbocycles. The molecule has 1 amide bonds. The second kappa shape index (κ2) is 12.0. The maximum atomic E-state index is 16.7. The molecular formula is C33H33Cl2FN4O3S. The number of carbonyl (C=O) groups is 1. The van der Waals surface area contributed by atoms with Gasteiger partial charge < -0.3 is 14.7 Å². The fraction of sp³-hybridized carbons (Fsp3) is 0.364. The summed E-state index contributed by atoms with van der Waals surface area (Å²) in [6.45, 7) is 5.87. The van der Waals surface area contributed by atoms with Crippen molar-refractivity contribution in [1.29, 1.82) is 0 Å². The van der Waals surface area contributed by atoms with Crippen LogP contribution in [0, 0.1) is 5.82 Å². The van der Waals surface area contributed by atoms with Gasteiger partial charge in [-0.3, -0.25) is 4.68 Å². The number of amides is 1. The van der Waals surface area contributed by atoms with E-state index in [9.17, 15) is 9.90 Å². The smallest absolute Gasteiger partial charge is 0.410 e. The molecule has 44 heavy (non-hydrogen) atoms. The minimum Gasteiger partial charge on any atom is -0.444 e. The van der Waals surface area contributed by atoms with E-state index in [0.29, 0.717) is 46.8 Å². The summed E-state index contributed by atoms with van der Waals surface area (Å²) in [7, 11) is 0. The van der Waals surface area contributed by atoms with Crippen molar-refractivity contribution in [2.45, 2.75) is 62.7 Å². The van der Waals surface area contributed by atoms with Crippen molar-refractivity contribution < 1.29 is 19.0 Å². The second-order valence-electron chi connectivity index (χ2n) is 12.1. The first-order chi connectivity index (χ1) is 21.0. The zero-order valence-electron chi connectivity index (χ0n) is 24.9. The molecule has 0 unspecified atom stereocenters. The lowest BCUT2D eigenvalue weighted by Crippen LogP contribution is -2.48. The third-order valence-electron chi connectivity index (χ3n) is 8.13. The van der Waals surface area contributed by atoms with Gasteiger partial charge in [0.25, 0.3) is 0 Å². The van der Waals surface area contributed by atoms with Crippen molar-refractivity contribution in [2.75, 3.05) is 19.4 Å². The summed E-state index contributed by atoms with van der Waals surface area (Å²) in [5.41, 5.74) is 1.15. The Hall–Kier alpha value is -3.11. The van der Waals surface area contributed by atoms with E-state index in [-0.39, 0.29) is 34.8 Å². The van der Waals surface area contributed by atoms with E-state index in [1.165, 1.54) is 11.8 Å².